The van der Waals surface area contributed by atoms with E-state index in [-0.39, 0.29) is 24.3 Å². The summed E-state index contributed by atoms with van der Waals surface area (Å²) in [6.45, 7) is 8.71. The summed E-state index contributed by atoms with van der Waals surface area (Å²) in [7, 11) is 0. The Morgan fingerprint density at radius 3 is 2.47 bits per heavy atom. The van der Waals surface area contributed by atoms with Crippen LogP contribution >= 0.6 is 34.8 Å². The van der Waals surface area contributed by atoms with Crippen molar-refractivity contribution in [3.8, 4) is 0 Å². The highest BCUT2D eigenvalue weighted by atomic mass is 35.6. The Morgan fingerprint density at radius 2 is 1.90 bits per heavy atom. The molecule has 0 aromatic rings. The molecule has 1 saturated heterocycles. The number of alkyl halides is 3. The molecule has 3 atom stereocenters. The molecule has 0 aliphatic carbocycles. The van der Waals surface area contributed by atoms with E-state index in [1.807, 2.05) is 20.8 Å². The molecule has 2 unspecified atom stereocenters. The van der Waals surface area contributed by atoms with Gasteiger partial charge in [-0.2, -0.15) is 0 Å². The number of carbonyl (C=O) groups is 3. The number of hydrazine groups is 1. The molecule has 1 fully saturated rings. The minimum atomic E-state index is -1.70. The monoisotopic (exact) mass is 487 g/mol. The summed E-state index contributed by atoms with van der Waals surface area (Å²) in [5.41, 5.74) is 2.84. The second-order valence-electron chi connectivity index (χ2n) is 7.47. The van der Waals surface area contributed by atoms with Crippen molar-refractivity contribution < 1.29 is 19.1 Å². The van der Waals surface area contributed by atoms with E-state index < -0.39 is 27.9 Å². The van der Waals surface area contributed by atoms with Crippen LogP contribution in [-0.2, 0) is 19.1 Å². The average molecular weight is 489 g/mol. The first-order valence-corrected chi connectivity index (χ1v) is 11.1. The van der Waals surface area contributed by atoms with Crippen molar-refractivity contribution in [1.82, 2.24) is 26.4 Å². The highest BCUT2D eigenvalue weighted by Gasteiger charge is 2.33. The van der Waals surface area contributed by atoms with Gasteiger partial charge in [-0.1, -0.05) is 55.6 Å². The Morgan fingerprint density at radius 1 is 1.23 bits per heavy atom. The Labute approximate surface area is 192 Å². The number of carbonyl (C=O) groups excluding carboxylic acids is 3. The van der Waals surface area contributed by atoms with E-state index in [0.29, 0.717) is 26.1 Å². The van der Waals surface area contributed by atoms with Crippen molar-refractivity contribution in [3.63, 3.8) is 0 Å². The number of esters is 1. The normalized spacial score (nSPS) is 19.3. The zero-order valence-electron chi connectivity index (χ0n) is 17.8. The minimum Gasteiger partial charge on any atom is -0.460 e. The van der Waals surface area contributed by atoms with E-state index in [9.17, 15) is 14.4 Å². The third kappa shape index (κ3) is 9.53. The number of ether oxygens (including phenoxy) is 1. The van der Waals surface area contributed by atoms with Gasteiger partial charge < -0.3 is 15.4 Å². The molecule has 174 valence electrons. The van der Waals surface area contributed by atoms with Crippen molar-refractivity contribution >= 4 is 52.6 Å². The third-order valence-electron chi connectivity index (χ3n) is 4.49. The number of hydrogen-bond donors (Lipinski definition) is 4. The highest BCUT2D eigenvalue weighted by Crippen LogP contribution is 2.26. The van der Waals surface area contributed by atoms with E-state index in [0.717, 1.165) is 6.54 Å². The Kier molecular flexibility index (Phi) is 11.7. The molecule has 0 aromatic carbocycles. The van der Waals surface area contributed by atoms with Crippen LogP contribution in [0.2, 0.25) is 0 Å². The molecule has 4 N–H and O–H groups in total. The number of hydrogen-bond acceptors (Lipinski definition) is 7. The quantitative estimate of drug-likeness (QED) is 0.158. The number of halogens is 3. The first-order valence-electron chi connectivity index (χ1n) is 10.0. The molecule has 0 saturated carbocycles. The van der Waals surface area contributed by atoms with Gasteiger partial charge in [0, 0.05) is 13.2 Å². The van der Waals surface area contributed by atoms with Crippen LogP contribution in [0.4, 0.5) is 0 Å². The maximum Gasteiger partial charge on any atom is 0.325 e. The maximum absolute atomic E-state index is 12.8. The molecule has 30 heavy (non-hydrogen) atoms. The first kappa shape index (κ1) is 27.2. The molecule has 0 bridgehead atoms. The van der Waals surface area contributed by atoms with E-state index >= 15 is 0 Å². The zero-order valence-corrected chi connectivity index (χ0v) is 20.0. The molecule has 1 aliphatic heterocycles. The molecule has 0 spiro atoms. The molecule has 1 aliphatic rings. The topological polar surface area (TPSA) is 112 Å². The predicted molar refractivity (Wildman–Crippen MR) is 117 cm³/mol. The summed E-state index contributed by atoms with van der Waals surface area (Å²) in [4.78, 5) is 37.6. The summed E-state index contributed by atoms with van der Waals surface area (Å²) < 4.78 is 3.28. The van der Waals surface area contributed by atoms with Gasteiger partial charge in [0.05, 0.1) is 6.04 Å². The molecule has 12 heteroatoms. The third-order valence-corrected chi connectivity index (χ3v) is 4.82. The summed E-state index contributed by atoms with van der Waals surface area (Å²) in [5, 5.41) is 10.3. The van der Waals surface area contributed by atoms with Crippen LogP contribution in [0.3, 0.4) is 0 Å². The average Bonchev–Trinajstić information content (AvgIpc) is 2.67. The van der Waals surface area contributed by atoms with Gasteiger partial charge >= 0.3 is 5.97 Å². The van der Waals surface area contributed by atoms with Crippen LogP contribution in [-0.4, -0.2) is 71.1 Å². The van der Waals surface area contributed by atoms with Gasteiger partial charge in [-0.25, -0.2) is 5.43 Å². The van der Waals surface area contributed by atoms with E-state index in [1.54, 1.807) is 6.92 Å². The lowest BCUT2D eigenvalue weighted by Crippen LogP contribution is -2.61. The van der Waals surface area contributed by atoms with Crippen molar-refractivity contribution in [3.05, 3.63) is 0 Å². The van der Waals surface area contributed by atoms with Crippen LogP contribution in [0.5, 0.6) is 0 Å². The minimum absolute atomic E-state index is 0.0381. The van der Waals surface area contributed by atoms with Gasteiger partial charge in [0.25, 0.3) is 5.91 Å². The standard InChI is InChI=1S/C18H32Cl3N5O4/c1-5-22-10-23-14(11(2)3)15(27)24-12(4)16(28)26-8-6-7-13(25-26)17(29)30-9-18(19,20)21/h11-14,22-23,25H,5-10H2,1-4H3,(H,24,27)/t12-,13?,14?/m0/s1. The smallest absolute Gasteiger partial charge is 0.325 e. The lowest BCUT2D eigenvalue weighted by atomic mass is 10.0. The van der Waals surface area contributed by atoms with Crippen LogP contribution in [0.1, 0.15) is 40.5 Å². The molecular formula is C18H32Cl3N5O4. The van der Waals surface area contributed by atoms with Crippen molar-refractivity contribution in [2.45, 2.75) is 62.5 Å². The summed E-state index contributed by atoms with van der Waals surface area (Å²) in [6.07, 6.45) is 1.07. The maximum atomic E-state index is 12.8. The van der Waals surface area contributed by atoms with Gasteiger partial charge in [-0.15, -0.1) is 0 Å². The first-order chi connectivity index (χ1) is 14.0. The van der Waals surface area contributed by atoms with Crippen LogP contribution < -0.4 is 21.4 Å². The fourth-order valence-corrected chi connectivity index (χ4v) is 3.07. The fourth-order valence-electron chi connectivity index (χ4n) is 2.91. The van der Waals surface area contributed by atoms with Crippen LogP contribution in [0.25, 0.3) is 0 Å². The van der Waals surface area contributed by atoms with Gasteiger partial charge in [0.15, 0.2) is 0 Å². The zero-order chi connectivity index (χ0) is 22.9. The molecular weight excluding hydrogens is 457 g/mol. The summed E-state index contributed by atoms with van der Waals surface area (Å²) in [5.74, 6) is -1.19. The fraction of sp³-hybridized carbons (Fsp3) is 0.833. The molecule has 2 amide bonds. The highest BCUT2D eigenvalue weighted by molar-refractivity contribution is 6.67. The molecule has 1 rings (SSSR count). The number of amides is 2. The second-order valence-corrected chi connectivity index (χ2v) is 9.99. The number of nitrogens with one attached hydrogen (secondary N) is 4. The van der Waals surface area contributed by atoms with Gasteiger partial charge in [-0.3, -0.25) is 24.7 Å². The van der Waals surface area contributed by atoms with Crippen molar-refractivity contribution in [2.24, 2.45) is 5.92 Å². The lowest BCUT2D eigenvalue weighted by molar-refractivity contribution is -0.152. The molecule has 0 aromatic heterocycles. The van der Waals surface area contributed by atoms with Crippen molar-refractivity contribution in [2.75, 3.05) is 26.4 Å². The van der Waals surface area contributed by atoms with Crippen LogP contribution in [0.15, 0.2) is 0 Å². The molecule has 1 heterocycles. The number of nitrogens with zero attached hydrogens (tertiary/aromatic N) is 1. The van der Waals surface area contributed by atoms with Gasteiger partial charge in [0.2, 0.25) is 9.70 Å². The lowest BCUT2D eigenvalue weighted by Gasteiger charge is -2.34. The Hall–Kier alpha value is -0.840. The van der Waals surface area contributed by atoms with E-state index in [2.05, 4.69) is 21.4 Å². The summed E-state index contributed by atoms with van der Waals surface area (Å²) >= 11 is 16.8. The molecule has 9 nitrogen and oxygen atoms in total. The summed E-state index contributed by atoms with van der Waals surface area (Å²) in [6, 6.07) is -1.95. The van der Waals surface area contributed by atoms with Gasteiger partial charge in [0.1, 0.15) is 18.7 Å². The number of rotatable bonds is 10. The Bertz CT molecular complexity index is 589. The van der Waals surface area contributed by atoms with Gasteiger partial charge in [-0.05, 0) is 32.2 Å². The largest absolute Gasteiger partial charge is 0.460 e. The van der Waals surface area contributed by atoms with Crippen molar-refractivity contribution in [1.29, 1.82) is 0 Å². The molecule has 0 radical (unpaired) electrons. The van der Waals surface area contributed by atoms with E-state index in [4.69, 9.17) is 39.5 Å². The van der Waals surface area contributed by atoms with Crippen LogP contribution in [0, 0.1) is 5.92 Å². The second kappa shape index (κ2) is 12.9. The van der Waals surface area contributed by atoms with E-state index in [1.165, 1.54) is 5.01 Å². The predicted octanol–water partition coefficient (Wildman–Crippen LogP) is 1.08. The SMILES string of the molecule is CCNCNC(C(=O)N[C@@H](C)C(=O)N1CCCC(C(=O)OCC(Cl)(Cl)Cl)N1)C(C)C. The Balaban J connectivity index is 2.61.